The van der Waals surface area contributed by atoms with Crippen molar-refractivity contribution in [2.75, 3.05) is 24.5 Å². The van der Waals surface area contributed by atoms with Gasteiger partial charge in [-0.05, 0) is 238 Å². The van der Waals surface area contributed by atoms with E-state index in [9.17, 15) is 0 Å². The van der Waals surface area contributed by atoms with Gasteiger partial charge in [0, 0.05) is 112 Å². The minimum absolute atomic E-state index is 0.00564. The number of hydrogen-bond donors (Lipinski definition) is 0. The molecule has 1 atom stereocenters. The van der Waals surface area contributed by atoms with Crippen molar-refractivity contribution in [1.82, 2.24) is 0 Å². The summed E-state index contributed by atoms with van der Waals surface area (Å²) in [6, 6.07) is 163. The molecule has 1 aliphatic carbocycles. The average molecular weight is 1550 g/mol. The Morgan fingerprint density at radius 3 is 0.851 bits per heavy atom. The number of benzene rings is 18. The van der Waals surface area contributed by atoms with Gasteiger partial charge in [-0.3, -0.25) is 0 Å². The molecule has 1 unspecified atom stereocenters. The summed E-state index contributed by atoms with van der Waals surface area (Å²) in [4.78, 5) is 11.9. The molecule has 574 valence electrons. The van der Waals surface area contributed by atoms with Crippen LogP contribution >= 0.6 is 0 Å². The largest absolute Gasteiger partial charge is 0.455 e. The van der Waals surface area contributed by atoms with Crippen LogP contribution in [0.3, 0.4) is 0 Å². The number of allylic oxidation sites excluding steroid dienone is 1. The van der Waals surface area contributed by atoms with Crippen molar-refractivity contribution in [3.63, 3.8) is 0 Å². The molecule has 20 aromatic rings. The van der Waals surface area contributed by atoms with E-state index in [1.54, 1.807) is 0 Å². The van der Waals surface area contributed by atoms with Crippen LogP contribution in [0.4, 0.5) is 73.9 Å². The van der Waals surface area contributed by atoms with Crippen molar-refractivity contribution < 1.29 is 8.83 Å². The minimum atomic E-state index is -0.00564. The highest BCUT2D eigenvalue weighted by atomic mass is 16.3. The molecule has 7 heteroatoms. The van der Waals surface area contributed by atoms with Crippen molar-refractivity contribution in [2.45, 2.75) is 12.5 Å². The quantitative estimate of drug-likeness (QED) is 0.0710. The molecule has 0 N–H and O–H groups in total. The van der Waals surface area contributed by atoms with Gasteiger partial charge in [-0.25, -0.2) is 0 Å². The van der Waals surface area contributed by atoms with Gasteiger partial charge in [0.25, 0.3) is 0 Å². The molecular weight excluding hydrogens is 1470 g/mol. The fourth-order valence-electron chi connectivity index (χ4n) is 17.4. The minimum Gasteiger partial charge on any atom is -0.455 e. The van der Waals surface area contributed by atoms with Crippen LogP contribution in [0.25, 0.3) is 111 Å². The molecule has 121 heavy (non-hydrogen) atoms. The molecule has 0 radical (unpaired) electrons. The Balaban J connectivity index is 0.564. The van der Waals surface area contributed by atoms with Gasteiger partial charge in [0.2, 0.25) is 0 Å². The molecule has 0 fully saturated rings. The highest BCUT2D eigenvalue weighted by Crippen LogP contribution is 2.47. The van der Waals surface area contributed by atoms with Gasteiger partial charge in [-0.2, -0.15) is 0 Å². The van der Waals surface area contributed by atoms with Crippen molar-refractivity contribution >= 4 is 118 Å². The summed E-state index contributed by atoms with van der Waals surface area (Å²) in [6.45, 7) is 0. The van der Waals surface area contributed by atoms with E-state index < -0.39 is 0 Å². The number of anilines is 13. The highest BCUT2D eigenvalue weighted by Gasteiger charge is 2.27. The van der Waals surface area contributed by atoms with Crippen LogP contribution in [0.1, 0.15) is 6.42 Å². The van der Waals surface area contributed by atoms with E-state index in [-0.39, 0.29) is 6.04 Å². The van der Waals surface area contributed by atoms with Crippen LogP contribution < -0.4 is 24.5 Å². The smallest absolute Gasteiger partial charge is 0.143 e. The molecule has 2 aromatic heterocycles. The van der Waals surface area contributed by atoms with Crippen LogP contribution in [-0.4, -0.2) is 6.04 Å². The first-order valence-corrected chi connectivity index (χ1v) is 41.4. The van der Waals surface area contributed by atoms with E-state index in [4.69, 9.17) is 8.83 Å². The zero-order valence-corrected chi connectivity index (χ0v) is 66.4. The molecule has 0 bridgehead atoms. The number of furan rings is 2. The maximum absolute atomic E-state index is 6.60. The molecule has 21 rings (SSSR count). The average Bonchev–Trinajstić information content (AvgIpc) is 1.71. The second kappa shape index (κ2) is 32.3. The van der Waals surface area contributed by atoms with Gasteiger partial charge >= 0.3 is 0 Å². The molecule has 18 aromatic carbocycles. The lowest BCUT2D eigenvalue weighted by Crippen LogP contribution is -2.31. The van der Waals surface area contributed by atoms with Crippen LogP contribution in [-0.2, 0) is 0 Å². The predicted octanol–water partition coefficient (Wildman–Crippen LogP) is 32.1. The van der Waals surface area contributed by atoms with Crippen molar-refractivity contribution in [3.8, 4) is 66.8 Å². The topological polar surface area (TPSA) is 42.5 Å². The Kier molecular flexibility index (Phi) is 19.4. The Labute approximate surface area is 704 Å². The summed E-state index contributed by atoms with van der Waals surface area (Å²) >= 11 is 0. The summed E-state index contributed by atoms with van der Waals surface area (Å²) in [5.74, 6) is 0. The van der Waals surface area contributed by atoms with Crippen LogP contribution in [0.5, 0.6) is 0 Å². The molecule has 0 amide bonds. The second-order valence-corrected chi connectivity index (χ2v) is 30.7. The third-order valence-corrected chi connectivity index (χ3v) is 23.4. The number of rotatable bonds is 21. The second-order valence-electron chi connectivity index (χ2n) is 30.7. The Morgan fingerprint density at radius 2 is 0.463 bits per heavy atom. The van der Waals surface area contributed by atoms with Gasteiger partial charge in [-0.1, -0.05) is 297 Å². The van der Waals surface area contributed by atoms with E-state index in [1.807, 2.05) is 24.3 Å². The standard InChI is InChI=1S/C114H81N5O2/c1-6-23-80(24-7-1)85-51-59-94(60-52-85)117(100-71-67-98(68-72-100)115(90-26-8-2-9-27-90)91-28-10-3-11-29-91)102-75-77-103(78-76-102)118(101-73-69-99(70-74-101)116(92-30-12-4-13-31-92)93-32-14-5-15-33-93)95-61-53-86(54-62-95)83-47-43-81(44-48-83)82-45-49-84(50-46-82)87-55-63-96(64-56-87)119(97-65-57-88(58-66-97)105-37-21-39-109-107-35-16-18-41-111(107)120-113(105)109)104-34-20-25-89(79-104)106-38-22-40-110-108-36-17-19-42-112(108)121-114(106)110/h1-75,77-79,102H,76H2. The number of fused-ring (bicyclic) bond motifs is 6. The molecule has 7 nitrogen and oxygen atoms in total. The molecular formula is C114H81N5O2. The number of para-hydroxylation sites is 8. The van der Waals surface area contributed by atoms with Crippen LogP contribution in [0.15, 0.2) is 488 Å². The van der Waals surface area contributed by atoms with Gasteiger partial charge in [0.05, 0.1) is 6.04 Å². The molecule has 0 saturated heterocycles. The summed E-state index contributed by atoms with van der Waals surface area (Å²) in [7, 11) is 0. The third-order valence-electron chi connectivity index (χ3n) is 23.4. The third kappa shape index (κ3) is 14.4. The van der Waals surface area contributed by atoms with Crippen molar-refractivity contribution in [2.24, 2.45) is 0 Å². The lowest BCUT2D eigenvalue weighted by atomic mass is 9.97. The first kappa shape index (κ1) is 72.7. The lowest BCUT2D eigenvalue weighted by molar-refractivity contribution is 0.669. The fourth-order valence-corrected chi connectivity index (χ4v) is 17.4. The first-order chi connectivity index (χ1) is 60.0. The van der Waals surface area contributed by atoms with Crippen molar-refractivity contribution in [3.05, 3.63) is 479 Å². The van der Waals surface area contributed by atoms with Gasteiger partial charge in [-0.15, -0.1) is 0 Å². The summed E-state index contributed by atoms with van der Waals surface area (Å²) in [5, 5.41) is 4.44. The number of hydrogen-bond acceptors (Lipinski definition) is 7. The van der Waals surface area contributed by atoms with Gasteiger partial charge in [0.1, 0.15) is 22.3 Å². The van der Waals surface area contributed by atoms with E-state index in [2.05, 4.69) is 473 Å². The molecule has 0 spiro atoms. The maximum atomic E-state index is 6.60. The zero-order valence-electron chi connectivity index (χ0n) is 66.4. The zero-order chi connectivity index (χ0) is 80.4. The van der Waals surface area contributed by atoms with E-state index >= 15 is 0 Å². The molecule has 0 aliphatic heterocycles. The normalized spacial score (nSPS) is 12.5. The predicted molar refractivity (Wildman–Crippen MR) is 507 cm³/mol. The SMILES string of the molecule is C1=CC(N(c2ccc(-c3ccccc3)cc2)c2ccc(N(c3ccccc3)c3ccccc3)cc2)CC=C1N(c1ccc(-c2ccc(-c3ccc(-c4ccc(N(c5ccc(-c6cccc7c6oc6ccccc67)cc5)c5cccc(-c6cccc7c6oc6ccccc67)c5)cc4)cc3)cc2)cc1)c1ccc(N(c2ccccc2)c2ccccc2)cc1. The van der Waals surface area contributed by atoms with E-state index in [0.29, 0.717) is 0 Å². The summed E-state index contributed by atoms with van der Waals surface area (Å²) < 4.78 is 13.1. The fraction of sp³-hybridized carbons (Fsp3) is 0.0175. The Hall–Kier alpha value is -16.0. The van der Waals surface area contributed by atoms with Crippen molar-refractivity contribution in [1.29, 1.82) is 0 Å². The maximum Gasteiger partial charge on any atom is 0.143 e. The van der Waals surface area contributed by atoms with E-state index in [0.717, 1.165) is 186 Å². The first-order valence-electron chi connectivity index (χ1n) is 41.4. The van der Waals surface area contributed by atoms with Crippen LogP contribution in [0, 0.1) is 0 Å². The lowest BCUT2D eigenvalue weighted by Gasteiger charge is -2.35. The van der Waals surface area contributed by atoms with E-state index in [1.165, 1.54) is 11.1 Å². The monoisotopic (exact) mass is 1550 g/mol. The molecule has 2 heterocycles. The highest BCUT2D eigenvalue weighted by molar-refractivity contribution is 6.11. The summed E-state index contributed by atoms with van der Waals surface area (Å²) in [5.41, 5.74) is 32.0. The van der Waals surface area contributed by atoms with Gasteiger partial charge < -0.3 is 33.3 Å². The molecule has 0 saturated carbocycles. The number of nitrogens with zero attached hydrogens (tertiary/aromatic N) is 5. The molecule has 1 aliphatic rings. The Bertz CT molecular complexity index is 7020. The Morgan fingerprint density at radius 1 is 0.198 bits per heavy atom. The summed E-state index contributed by atoms with van der Waals surface area (Å²) in [6.07, 6.45) is 7.87. The van der Waals surface area contributed by atoms with Crippen LogP contribution in [0.2, 0.25) is 0 Å². The van der Waals surface area contributed by atoms with Gasteiger partial charge in [0.15, 0.2) is 0 Å².